The summed E-state index contributed by atoms with van der Waals surface area (Å²) in [5.74, 6) is -4.44. The summed E-state index contributed by atoms with van der Waals surface area (Å²) in [6.07, 6.45) is 2.09. The monoisotopic (exact) mass is 441 g/mol. The van der Waals surface area contributed by atoms with Gasteiger partial charge >= 0.3 is 0 Å². The van der Waals surface area contributed by atoms with Crippen molar-refractivity contribution in [2.24, 2.45) is 0 Å². The van der Waals surface area contributed by atoms with Crippen LogP contribution in [0, 0.1) is 11.3 Å². The maximum atomic E-state index is 13.4. The fourth-order valence-electron chi connectivity index (χ4n) is 2.95. The molecule has 1 saturated heterocycles. The third kappa shape index (κ3) is 5.02. The van der Waals surface area contributed by atoms with Gasteiger partial charge < -0.3 is 10.2 Å². The Balaban J connectivity index is 1.57. The fraction of sp³-hybridized carbons (Fsp3) is 0.333. The highest BCUT2D eigenvalue weighted by atomic mass is 35.5. The third-order valence-corrected chi connectivity index (χ3v) is 5.10. The van der Waals surface area contributed by atoms with Gasteiger partial charge in [-0.25, -0.2) is 8.78 Å². The number of hydrogen-bond acceptors (Lipinski definition) is 4. The molecule has 1 aliphatic heterocycles. The topological polar surface area (TPSA) is 91.0 Å². The van der Waals surface area contributed by atoms with E-state index in [1.54, 1.807) is 24.3 Å². The van der Waals surface area contributed by atoms with E-state index < -0.39 is 43.3 Å². The quantitative estimate of drug-likeness (QED) is 0.771. The number of halogens is 4. The van der Waals surface area contributed by atoms with Crippen molar-refractivity contribution in [2.75, 3.05) is 13.1 Å². The van der Waals surface area contributed by atoms with E-state index in [2.05, 4.69) is 10.4 Å². The number of hydrogen-bond donors (Lipinski definition) is 1. The molecule has 2 amide bonds. The number of carbonyl (C=O) groups is 2. The molecular formula is C18H15Cl2F2N5O2. The van der Waals surface area contributed by atoms with Crippen LogP contribution in [0.25, 0.3) is 0 Å². The smallest absolute Gasteiger partial charge is 0.268 e. The van der Waals surface area contributed by atoms with Crippen LogP contribution in [-0.2, 0) is 11.3 Å². The lowest BCUT2D eigenvalue weighted by Gasteiger charge is -2.19. The van der Waals surface area contributed by atoms with E-state index in [1.807, 2.05) is 0 Å². The molecule has 11 heteroatoms. The fourth-order valence-corrected chi connectivity index (χ4v) is 3.27. The minimum atomic E-state index is -3.11. The Morgan fingerprint density at radius 2 is 2.10 bits per heavy atom. The lowest BCUT2D eigenvalue weighted by molar-refractivity contribution is -0.131. The van der Waals surface area contributed by atoms with Crippen LogP contribution in [0.15, 0.2) is 30.6 Å². The number of amides is 2. The van der Waals surface area contributed by atoms with E-state index in [0.29, 0.717) is 16.6 Å². The molecule has 1 atom stereocenters. The Labute approximate surface area is 174 Å². The van der Waals surface area contributed by atoms with Crippen molar-refractivity contribution in [3.63, 3.8) is 0 Å². The van der Waals surface area contributed by atoms with Crippen LogP contribution < -0.4 is 5.32 Å². The van der Waals surface area contributed by atoms with Gasteiger partial charge in [-0.05, 0) is 17.7 Å². The van der Waals surface area contributed by atoms with Crippen LogP contribution in [0.2, 0.25) is 10.0 Å². The standard InChI is InChI=1S/C18H15Cl2F2N5O2/c19-14-2-1-11(3-15(14)20)8-26-9-12(6-25-26)17(29)24-7-16(28)27-10-18(21,22)4-13(27)5-23/h1-3,6,9,13H,4,7-8,10H2,(H,24,29)/t13-/m0/s1. The summed E-state index contributed by atoms with van der Waals surface area (Å²) < 4.78 is 28.4. The largest absolute Gasteiger partial charge is 0.343 e. The highest BCUT2D eigenvalue weighted by molar-refractivity contribution is 6.42. The summed E-state index contributed by atoms with van der Waals surface area (Å²) in [6, 6.07) is 5.58. The second-order valence-electron chi connectivity index (χ2n) is 6.58. The predicted molar refractivity (Wildman–Crippen MR) is 101 cm³/mol. The summed E-state index contributed by atoms with van der Waals surface area (Å²) >= 11 is 11.8. The molecule has 0 unspecified atom stereocenters. The molecule has 7 nitrogen and oxygen atoms in total. The van der Waals surface area contributed by atoms with Gasteiger partial charge in [0.2, 0.25) is 5.91 Å². The van der Waals surface area contributed by atoms with E-state index >= 15 is 0 Å². The van der Waals surface area contributed by atoms with E-state index in [4.69, 9.17) is 28.5 Å². The number of aromatic nitrogens is 2. The van der Waals surface area contributed by atoms with Gasteiger partial charge in [0.15, 0.2) is 0 Å². The zero-order valence-electron chi connectivity index (χ0n) is 14.9. The number of benzene rings is 1. The van der Waals surface area contributed by atoms with Crippen molar-refractivity contribution in [1.82, 2.24) is 20.0 Å². The predicted octanol–water partition coefficient (Wildman–Crippen LogP) is 2.73. The van der Waals surface area contributed by atoms with Gasteiger partial charge in [-0.2, -0.15) is 10.4 Å². The number of nitrogens with one attached hydrogen (secondary N) is 1. The van der Waals surface area contributed by atoms with Crippen LogP contribution in [0.5, 0.6) is 0 Å². The first-order chi connectivity index (χ1) is 13.7. The van der Waals surface area contributed by atoms with E-state index in [0.717, 1.165) is 10.5 Å². The number of alkyl halides is 2. The lowest BCUT2D eigenvalue weighted by atomic mass is 10.2. The minimum Gasteiger partial charge on any atom is -0.343 e. The van der Waals surface area contributed by atoms with Crippen LogP contribution in [0.3, 0.4) is 0 Å². The van der Waals surface area contributed by atoms with Crippen molar-refractivity contribution in [1.29, 1.82) is 5.26 Å². The van der Waals surface area contributed by atoms with Crippen molar-refractivity contribution in [2.45, 2.75) is 24.9 Å². The lowest BCUT2D eigenvalue weighted by Crippen LogP contribution is -2.42. The van der Waals surface area contributed by atoms with E-state index in [-0.39, 0.29) is 5.56 Å². The highest BCUT2D eigenvalue weighted by Gasteiger charge is 2.47. The van der Waals surface area contributed by atoms with Crippen LogP contribution in [0.4, 0.5) is 8.78 Å². The molecule has 1 aliphatic rings. The first-order valence-electron chi connectivity index (χ1n) is 8.50. The van der Waals surface area contributed by atoms with Crippen LogP contribution in [-0.4, -0.2) is 51.5 Å². The Hall–Kier alpha value is -2.70. The van der Waals surface area contributed by atoms with Gasteiger partial charge in [0.25, 0.3) is 11.8 Å². The van der Waals surface area contributed by atoms with Gasteiger partial charge in [0.1, 0.15) is 6.04 Å². The number of carbonyl (C=O) groups excluding carboxylic acids is 2. The normalized spacial score (nSPS) is 17.8. The molecule has 2 aromatic rings. The molecule has 0 radical (unpaired) electrons. The summed E-state index contributed by atoms with van der Waals surface area (Å²) in [7, 11) is 0. The highest BCUT2D eigenvalue weighted by Crippen LogP contribution is 2.31. The molecule has 1 fully saturated rings. The van der Waals surface area contributed by atoms with Crippen molar-refractivity contribution in [3.8, 4) is 6.07 Å². The molecule has 29 heavy (non-hydrogen) atoms. The first kappa shape index (κ1) is 21.0. The molecule has 1 N–H and O–H groups in total. The van der Waals surface area contributed by atoms with Crippen molar-refractivity contribution < 1.29 is 18.4 Å². The Morgan fingerprint density at radius 1 is 1.34 bits per heavy atom. The number of nitrogens with zero attached hydrogens (tertiary/aromatic N) is 4. The maximum absolute atomic E-state index is 13.4. The molecule has 0 aliphatic carbocycles. The van der Waals surface area contributed by atoms with Crippen molar-refractivity contribution >= 4 is 35.0 Å². The molecule has 0 bridgehead atoms. The molecule has 1 aromatic carbocycles. The molecule has 3 rings (SSSR count). The second-order valence-corrected chi connectivity index (χ2v) is 7.40. The van der Waals surface area contributed by atoms with Crippen LogP contribution in [0.1, 0.15) is 22.3 Å². The zero-order valence-corrected chi connectivity index (χ0v) is 16.4. The van der Waals surface area contributed by atoms with Crippen molar-refractivity contribution in [3.05, 3.63) is 51.8 Å². The Kier molecular flexibility index (Phi) is 6.05. The Morgan fingerprint density at radius 3 is 2.79 bits per heavy atom. The van der Waals surface area contributed by atoms with Gasteiger partial charge in [-0.15, -0.1) is 0 Å². The second kappa shape index (κ2) is 8.35. The van der Waals surface area contributed by atoms with Gasteiger partial charge in [-0.1, -0.05) is 29.3 Å². The van der Waals surface area contributed by atoms with Gasteiger partial charge in [0.05, 0.1) is 47.5 Å². The molecule has 1 aromatic heterocycles. The molecular weight excluding hydrogens is 427 g/mol. The average Bonchev–Trinajstić information content (AvgIpc) is 3.26. The number of nitriles is 1. The minimum absolute atomic E-state index is 0.196. The van der Waals surface area contributed by atoms with E-state index in [9.17, 15) is 18.4 Å². The zero-order chi connectivity index (χ0) is 21.2. The third-order valence-electron chi connectivity index (χ3n) is 4.36. The number of likely N-dealkylation sites (tertiary alicyclic amines) is 1. The summed E-state index contributed by atoms with van der Waals surface area (Å²) in [5.41, 5.74) is 1.02. The summed E-state index contributed by atoms with van der Waals surface area (Å²) in [5, 5.41) is 16.2. The SMILES string of the molecule is N#C[C@@H]1CC(F)(F)CN1C(=O)CNC(=O)c1cnn(Cc2ccc(Cl)c(Cl)c2)c1. The maximum Gasteiger partial charge on any atom is 0.268 e. The molecule has 0 spiro atoms. The molecule has 2 heterocycles. The average molecular weight is 442 g/mol. The molecule has 0 saturated carbocycles. The number of rotatable bonds is 5. The summed E-state index contributed by atoms with van der Waals surface area (Å²) in [6.45, 7) is -0.984. The van der Waals surface area contributed by atoms with E-state index in [1.165, 1.54) is 17.1 Å². The van der Waals surface area contributed by atoms with Crippen LogP contribution >= 0.6 is 23.2 Å². The van der Waals surface area contributed by atoms with Gasteiger partial charge in [-0.3, -0.25) is 14.3 Å². The Bertz CT molecular complexity index is 989. The first-order valence-corrected chi connectivity index (χ1v) is 9.25. The molecule has 152 valence electrons. The van der Waals surface area contributed by atoms with Gasteiger partial charge in [0, 0.05) is 12.6 Å². The summed E-state index contributed by atoms with van der Waals surface area (Å²) in [4.78, 5) is 25.1.